The molecule has 0 fully saturated rings. The lowest BCUT2D eigenvalue weighted by Gasteiger charge is -2.06. The van der Waals surface area contributed by atoms with Crippen molar-refractivity contribution < 1.29 is 13.6 Å². The van der Waals surface area contributed by atoms with Crippen LogP contribution in [0.1, 0.15) is 28.2 Å². The molecular weight excluding hydrogens is 279 g/mol. The summed E-state index contributed by atoms with van der Waals surface area (Å²) in [6.45, 7) is 1.51. The van der Waals surface area contributed by atoms with E-state index in [0.717, 1.165) is 6.07 Å². The Morgan fingerprint density at radius 2 is 2.21 bits per heavy atom. The van der Waals surface area contributed by atoms with Crippen LogP contribution in [0.5, 0.6) is 0 Å². The van der Waals surface area contributed by atoms with Crippen LogP contribution in [-0.4, -0.2) is 10.2 Å². The summed E-state index contributed by atoms with van der Waals surface area (Å²) >= 11 is 8.11. The highest BCUT2D eigenvalue weighted by molar-refractivity contribution is 9.10. The number of aryl methyl sites for hydroxylation is 1. The van der Waals surface area contributed by atoms with Gasteiger partial charge < -0.3 is 0 Å². The second-order valence-corrected chi connectivity index (χ2v) is 3.71. The van der Waals surface area contributed by atoms with E-state index in [1.807, 2.05) is 0 Å². The Morgan fingerprint density at radius 3 is 2.64 bits per heavy atom. The highest BCUT2D eigenvalue weighted by Gasteiger charge is 2.17. The van der Waals surface area contributed by atoms with Crippen molar-refractivity contribution in [1.82, 2.24) is 4.98 Å². The third kappa shape index (κ3) is 2.27. The normalized spacial score (nSPS) is 10.7. The first kappa shape index (κ1) is 11.5. The molecule has 0 bridgehead atoms. The van der Waals surface area contributed by atoms with Crippen LogP contribution in [0.2, 0.25) is 0 Å². The fourth-order valence-corrected chi connectivity index (χ4v) is 1.41. The predicted octanol–water partition coefficient (Wildman–Crippen LogP) is 3.47. The average molecular weight is 284 g/mol. The number of alkyl halides is 2. The SMILES string of the molecule is Cc1nc(C(=O)Cl)cc(C(F)F)c1Br. The van der Waals surface area contributed by atoms with Crippen LogP contribution in [0.4, 0.5) is 8.78 Å². The number of rotatable bonds is 2. The summed E-state index contributed by atoms with van der Waals surface area (Å²) in [5.41, 5.74) is -0.129. The molecule has 0 unspecified atom stereocenters. The van der Waals surface area contributed by atoms with Gasteiger partial charge in [0.1, 0.15) is 5.69 Å². The smallest absolute Gasteiger partial charge is 0.270 e. The van der Waals surface area contributed by atoms with E-state index in [-0.39, 0.29) is 15.7 Å². The van der Waals surface area contributed by atoms with Crippen molar-refractivity contribution in [3.05, 3.63) is 27.5 Å². The molecule has 0 atom stereocenters. The molecule has 0 aliphatic rings. The number of halogens is 4. The molecule has 1 heterocycles. The molecule has 0 spiro atoms. The van der Waals surface area contributed by atoms with E-state index in [2.05, 4.69) is 20.9 Å². The van der Waals surface area contributed by atoms with E-state index in [1.165, 1.54) is 6.92 Å². The summed E-state index contributed by atoms with van der Waals surface area (Å²) in [6.07, 6.45) is -2.67. The van der Waals surface area contributed by atoms with Crippen molar-refractivity contribution >= 4 is 32.8 Å². The first-order valence-electron chi connectivity index (χ1n) is 3.58. The maximum Gasteiger partial charge on any atom is 0.270 e. The Kier molecular flexibility index (Phi) is 3.55. The zero-order valence-electron chi connectivity index (χ0n) is 7.02. The van der Waals surface area contributed by atoms with Crippen LogP contribution in [-0.2, 0) is 0 Å². The third-order valence-electron chi connectivity index (χ3n) is 1.59. The van der Waals surface area contributed by atoms with E-state index in [9.17, 15) is 13.6 Å². The van der Waals surface area contributed by atoms with Gasteiger partial charge in [0, 0.05) is 10.0 Å². The van der Waals surface area contributed by atoms with Crippen LogP contribution in [0.25, 0.3) is 0 Å². The molecule has 0 aliphatic carbocycles. The second-order valence-electron chi connectivity index (χ2n) is 2.57. The molecular formula is C8H5BrClF2NO. The van der Waals surface area contributed by atoms with Crippen molar-refractivity contribution in [1.29, 1.82) is 0 Å². The molecule has 0 N–H and O–H groups in total. The average Bonchev–Trinajstić information content (AvgIpc) is 2.08. The summed E-state index contributed by atoms with van der Waals surface area (Å²) in [4.78, 5) is 14.5. The van der Waals surface area contributed by atoms with Crippen LogP contribution < -0.4 is 0 Å². The second kappa shape index (κ2) is 4.31. The lowest BCUT2D eigenvalue weighted by Crippen LogP contribution is -2.01. The standard InChI is InChI=1S/C8H5BrClF2NO/c1-3-6(9)4(8(11)12)2-5(13-3)7(10)14/h2,8H,1H3. The summed E-state index contributed by atoms with van der Waals surface area (Å²) < 4.78 is 25.1. The summed E-state index contributed by atoms with van der Waals surface area (Å²) in [5.74, 6) is 0. The Bertz CT molecular complexity index is 384. The van der Waals surface area contributed by atoms with E-state index < -0.39 is 11.7 Å². The number of nitrogens with zero attached hydrogens (tertiary/aromatic N) is 1. The molecule has 14 heavy (non-hydrogen) atoms. The summed E-state index contributed by atoms with van der Waals surface area (Å²) in [5, 5.41) is -0.845. The lowest BCUT2D eigenvalue weighted by molar-refractivity contribution is 0.107. The van der Waals surface area contributed by atoms with Crippen molar-refractivity contribution in [2.45, 2.75) is 13.3 Å². The van der Waals surface area contributed by atoms with Gasteiger partial charge in [0.15, 0.2) is 0 Å². The molecule has 76 valence electrons. The minimum atomic E-state index is -2.67. The highest BCUT2D eigenvalue weighted by atomic mass is 79.9. The topological polar surface area (TPSA) is 30.0 Å². The molecule has 1 aromatic heterocycles. The molecule has 0 saturated carbocycles. The fourth-order valence-electron chi connectivity index (χ4n) is 0.941. The van der Waals surface area contributed by atoms with Gasteiger partial charge in [-0.05, 0) is 40.5 Å². The summed E-state index contributed by atoms with van der Waals surface area (Å²) in [6, 6.07) is 0.983. The van der Waals surface area contributed by atoms with E-state index >= 15 is 0 Å². The van der Waals surface area contributed by atoms with Gasteiger partial charge in [-0.1, -0.05) is 0 Å². The van der Waals surface area contributed by atoms with Crippen LogP contribution in [0.15, 0.2) is 10.5 Å². The molecule has 6 heteroatoms. The molecule has 0 amide bonds. The Morgan fingerprint density at radius 1 is 1.64 bits per heavy atom. The molecule has 0 saturated heterocycles. The predicted molar refractivity (Wildman–Crippen MR) is 51.8 cm³/mol. The zero-order valence-corrected chi connectivity index (χ0v) is 9.36. The zero-order chi connectivity index (χ0) is 10.9. The highest BCUT2D eigenvalue weighted by Crippen LogP contribution is 2.29. The van der Waals surface area contributed by atoms with Gasteiger partial charge in [0.05, 0.1) is 5.69 Å². The Balaban J connectivity index is 3.35. The van der Waals surface area contributed by atoms with Gasteiger partial charge in [-0.2, -0.15) is 0 Å². The number of pyridine rings is 1. The van der Waals surface area contributed by atoms with Gasteiger partial charge in [0.25, 0.3) is 11.7 Å². The molecule has 2 nitrogen and oxygen atoms in total. The number of carbonyl (C=O) groups is 1. The molecule has 1 rings (SSSR count). The van der Waals surface area contributed by atoms with Crippen LogP contribution in [0, 0.1) is 6.92 Å². The quantitative estimate of drug-likeness (QED) is 0.778. The number of hydrogen-bond acceptors (Lipinski definition) is 2. The fraction of sp³-hybridized carbons (Fsp3) is 0.250. The maximum absolute atomic E-state index is 12.4. The minimum Gasteiger partial charge on any atom is -0.274 e. The Hall–Kier alpha value is -0.550. The van der Waals surface area contributed by atoms with Crippen molar-refractivity contribution in [2.24, 2.45) is 0 Å². The number of aromatic nitrogens is 1. The monoisotopic (exact) mass is 283 g/mol. The van der Waals surface area contributed by atoms with Gasteiger partial charge >= 0.3 is 0 Å². The minimum absolute atomic E-state index is 0.164. The van der Waals surface area contributed by atoms with Crippen LogP contribution in [0.3, 0.4) is 0 Å². The first-order chi connectivity index (χ1) is 6.43. The molecule has 0 radical (unpaired) electrons. The van der Waals surface area contributed by atoms with Crippen molar-refractivity contribution in [3.8, 4) is 0 Å². The first-order valence-corrected chi connectivity index (χ1v) is 4.75. The molecule has 0 aliphatic heterocycles. The van der Waals surface area contributed by atoms with Crippen LogP contribution >= 0.6 is 27.5 Å². The van der Waals surface area contributed by atoms with E-state index in [0.29, 0.717) is 5.69 Å². The molecule has 1 aromatic rings. The van der Waals surface area contributed by atoms with Gasteiger partial charge in [-0.15, -0.1) is 0 Å². The van der Waals surface area contributed by atoms with Gasteiger partial charge in [-0.3, -0.25) is 4.79 Å². The number of carbonyl (C=O) groups excluding carboxylic acids is 1. The third-order valence-corrected chi connectivity index (χ3v) is 2.81. The maximum atomic E-state index is 12.4. The lowest BCUT2D eigenvalue weighted by atomic mass is 10.2. The van der Waals surface area contributed by atoms with E-state index in [4.69, 9.17) is 11.6 Å². The van der Waals surface area contributed by atoms with Gasteiger partial charge in [-0.25, -0.2) is 13.8 Å². The summed E-state index contributed by atoms with van der Waals surface area (Å²) in [7, 11) is 0. The van der Waals surface area contributed by atoms with Crippen molar-refractivity contribution in [3.63, 3.8) is 0 Å². The van der Waals surface area contributed by atoms with Gasteiger partial charge in [0.2, 0.25) is 0 Å². The largest absolute Gasteiger partial charge is 0.274 e. The molecule has 0 aromatic carbocycles. The number of hydrogen-bond donors (Lipinski definition) is 0. The van der Waals surface area contributed by atoms with E-state index in [1.54, 1.807) is 0 Å². The van der Waals surface area contributed by atoms with Crippen molar-refractivity contribution in [2.75, 3.05) is 0 Å². The Labute approximate surface area is 92.4 Å².